The molecule has 3 N–H and O–H groups in total. The van der Waals surface area contributed by atoms with Gasteiger partial charge in [-0.05, 0) is 89.9 Å². The summed E-state index contributed by atoms with van der Waals surface area (Å²) in [7, 11) is 0. The van der Waals surface area contributed by atoms with E-state index in [4.69, 9.17) is 4.74 Å². The first-order chi connectivity index (χ1) is 39.0. The van der Waals surface area contributed by atoms with E-state index < -0.39 is 12.1 Å². The Morgan fingerprint density at radius 3 is 1.01 bits per heavy atom. The molecular formula is C73H135NO5. The second-order valence-corrected chi connectivity index (χ2v) is 23.9. The van der Waals surface area contributed by atoms with Gasteiger partial charge in [-0.2, -0.15) is 0 Å². The number of esters is 1. The molecule has 2 atom stereocenters. The molecule has 0 fully saturated rings. The molecule has 0 radical (unpaired) electrons. The highest BCUT2D eigenvalue weighted by atomic mass is 16.5. The van der Waals surface area contributed by atoms with Gasteiger partial charge in [0.25, 0.3) is 0 Å². The minimum Gasteiger partial charge on any atom is -0.466 e. The Bertz CT molecular complexity index is 1370. The van der Waals surface area contributed by atoms with E-state index in [1.807, 2.05) is 6.08 Å². The average molecular weight is 1110 g/mol. The van der Waals surface area contributed by atoms with Crippen molar-refractivity contribution in [2.45, 2.75) is 379 Å². The Balaban J connectivity index is 3.37. The Labute approximate surface area is 492 Å². The number of aliphatic hydroxyl groups is 2. The fraction of sp³-hybridized carbons (Fsp3) is 0.836. The molecule has 1 amide bonds. The number of unbranched alkanes of at least 4 members (excludes halogenated alkanes) is 46. The second-order valence-electron chi connectivity index (χ2n) is 23.9. The summed E-state index contributed by atoms with van der Waals surface area (Å²) in [4.78, 5) is 24.5. The highest BCUT2D eigenvalue weighted by molar-refractivity contribution is 5.76. The fourth-order valence-electron chi connectivity index (χ4n) is 10.6. The molecule has 2 unspecified atom stereocenters. The lowest BCUT2D eigenvalue weighted by Gasteiger charge is -2.20. The number of carbonyl (C=O) groups excluding carboxylic acids is 2. The maximum atomic E-state index is 12.5. The summed E-state index contributed by atoms with van der Waals surface area (Å²) in [6.45, 7) is 4.84. The van der Waals surface area contributed by atoms with Crippen LogP contribution < -0.4 is 5.32 Å². The van der Waals surface area contributed by atoms with Crippen LogP contribution in [0.15, 0.2) is 60.8 Å². The third kappa shape index (κ3) is 64.6. The first kappa shape index (κ1) is 76.6. The molecule has 0 heterocycles. The van der Waals surface area contributed by atoms with Crippen molar-refractivity contribution >= 4 is 11.9 Å². The predicted octanol–water partition coefficient (Wildman–Crippen LogP) is 22.6. The van der Waals surface area contributed by atoms with E-state index in [0.29, 0.717) is 19.4 Å². The number of amides is 1. The number of rotatable bonds is 65. The van der Waals surface area contributed by atoms with Crippen LogP contribution in [0.1, 0.15) is 367 Å². The first-order valence-electron chi connectivity index (χ1n) is 35.1. The molecule has 0 aliphatic heterocycles. The van der Waals surface area contributed by atoms with Crippen molar-refractivity contribution in [1.82, 2.24) is 5.32 Å². The molecule has 0 aliphatic rings. The summed E-state index contributed by atoms with van der Waals surface area (Å²) in [5.74, 6) is -0.0625. The van der Waals surface area contributed by atoms with Gasteiger partial charge in [-0.3, -0.25) is 9.59 Å². The molecule has 6 nitrogen and oxygen atoms in total. The van der Waals surface area contributed by atoms with Gasteiger partial charge in [0.1, 0.15) is 0 Å². The third-order valence-electron chi connectivity index (χ3n) is 16.0. The van der Waals surface area contributed by atoms with Crippen LogP contribution in [0.25, 0.3) is 0 Å². The van der Waals surface area contributed by atoms with Crippen molar-refractivity contribution in [2.24, 2.45) is 0 Å². The van der Waals surface area contributed by atoms with Crippen molar-refractivity contribution in [3.63, 3.8) is 0 Å². The van der Waals surface area contributed by atoms with Crippen LogP contribution in [-0.2, 0) is 14.3 Å². The normalized spacial score (nSPS) is 12.9. The van der Waals surface area contributed by atoms with Crippen molar-refractivity contribution in [2.75, 3.05) is 13.2 Å². The van der Waals surface area contributed by atoms with Gasteiger partial charge in [-0.25, -0.2) is 0 Å². The molecular weight excluding hydrogens is 971 g/mol. The van der Waals surface area contributed by atoms with Crippen LogP contribution in [0, 0.1) is 0 Å². The largest absolute Gasteiger partial charge is 0.466 e. The zero-order valence-electron chi connectivity index (χ0n) is 52.9. The highest BCUT2D eigenvalue weighted by Gasteiger charge is 2.18. The van der Waals surface area contributed by atoms with E-state index in [1.54, 1.807) is 6.08 Å². The molecule has 0 aromatic carbocycles. The molecule has 462 valence electrons. The smallest absolute Gasteiger partial charge is 0.305 e. The van der Waals surface area contributed by atoms with Crippen molar-refractivity contribution in [3.8, 4) is 0 Å². The number of aliphatic hydroxyl groups excluding tert-OH is 2. The number of carbonyl (C=O) groups is 2. The summed E-state index contributed by atoms with van der Waals surface area (Å²) in [6.07, 6.45) is 90.3. The van der Waals surface area contributed by atoms with E-state index >= 15 is 0 Å². The molecule has 79 heavy (non-hydrogen) atoms. The topological polar surface area (TPSA) is 95.9 Å². The molecule has 0 bridgehead atoms. The molecule has 0 aromatic rings. The Kier molecular flexibility index (Phi) is 66.0. The van der Waals surface area contributed by atoms with Gasteiger partial charge in [0.05, 0.1) is 25.4 Å². The number of hydrogen-bond acceptors (Lipinski definition) is 5. The van der Waals surface area contributed by atoms with Gasteiger partial charge in [0.15, 0.2) is 0 Å². The zero-order chi connectivity index (χ0) is 57.1. The molecule has 6 heteroatoms. The molecule has 0 aromatic heterocycles. The van der Waals surface area contributed by atoms with E-state index in [0.717, 1.165) is 57.8 Å². The van der Waals surface area contributed by atoms with Gasteiger partial charge in [0.2, 0.25) is 5.91 Å². The van der Waals surface area contributed by atoms with Crippen molar-refractivity contribution < 1.29 is 24.5 Å². The summed E-state index contributed by atoms with van der Waals surface area (Å²) < 4.78 is 5.47. The number of nitrogens with one attached hydrogen (secondary N) is 1. The second kappa shape index (κ2) is 68.1. The zero-order valence-corrected chi connectivity index (χ0v) is 52.9. The lowest BCUT2D eigenvalue weighted by atomic mass is 10.0. The van der Waals surface area contributed by atoms with Crippen molar-refractivity contribution in [3.05, 3.63) is 60.8 Å². The van der Waals surface area contributed by atoms with Gasteiger partial charge in [-0.15, -0.1) is 0 Å². The average Bonchev–Trinajstić information content (AvgIpc) is 3.45. The molecule has 0 spiro atoms. The number of ether oxygens (including phenoxy) is 1. The lowest BCUT2D eigenvalue weighted by Crippen LogP contribution is -2.45. The molecule has 0 aliphatic carbocycles. The van der Waals surface area contributed by atoms with Crippen molar-refractivity contribution in [1.29, 1.82) is 0 Å². The highest BCUT2D eigenvalue weighted by Crippen LogP contribution is 2.18. The monoisotopic (exact) mass is 1110 g/mol. The Morgan fingerprint density at radius 2 is 0.658 bits per heavy atom. The van der Waals surface area contributed by atoms with Crippen LogP contribution in [0.4, 0.5) is 0 Å². The summed E-state index contributed by atoms with van der Waals surface area (Å²) in [5.41, 5.74) is 0. The fourth-order valence-corrected chi connectivity index (χ4v) is 10.6. The summed E-state index contributed by atoms with van der Waals surface area (Å²) >= 11 is 0. The minimum absolute atomic E-state index is 0.00279. The lowest BCUT2D eigenvalue weighted by molar-refractivity contribution is -0.143. The number of allylic oxidation sites excluding steroid dienone is 9. The SMILES string of the molecule is CCC/C=C\C/C=C\CCCCCCCC(=O)OCCCCCCCCCCCCCCC/C=C\C/C=C\CCCCCCCCCCCCCCCCCCCC(=O)NC(CO)C(O)/C=C/CCCCCCCCCCCC. The Morgan fingerprint density at radius 1 is 0.354 bits per heavy atom. The van der Waals surface area contributed by atoms with Gasteiger partial charge in [0, 0.05) is 12.8 Å². The maximum absolute atomic E-state index is 12.5. The first-order valence-corrected chi connectivity index (χ1v) is 35.1. The quantitative estimate of drug-likeness (QED) is 0.0320. The van der Waals surface area contributed by atoms with Crippen LogP contribution >= 0.6 is 0 Å². The number of hydrogen-bond donors (Lipinski definition) is 3. The molecule has 0 rings (SSSR count). The predicted molar refractivity (Wildman–Crippen MR) is 347 cm³/mol. The Hall–Kier alpha value is -2.44. The third-order valence-corrected chi connectivity index (χ3v) is 16.0. The summed E-state index contributed by atoms with van der Waals surface area (Å²) in [6, 6.07) is -0.625. The van der Waals surface area contributed by atoms with Gasteiger partial charge >= 0.3 is 5.97 Å². The van der Waals surface area contributed by atoms with E-state index in [2.05, 4.69) is 67.8 Å². The van der Waals surface area contributed by atoms with Gasteiger partial charge in [-0.1, -0.05) is 325 Å². The van der Waals surface area contributed by atoms with Crippen LogP contribution in [-0.4, -0.2) is 47.4 Å². The van der Waals surface area contributed by atoms with E-state index in [1.165, 1.54) is 283 Å². The van der Waals surface area contributed by atoms with Crippen LogP contribution in [0.5, 0.6) is 0 Å². The minimum atomic E-state index is -0.842. The van der Waals surface area contributed by atoms with Crippen LogP contribution in [0.2, 0.25) is 0 Å². The maximum Gasteiger partial charge on any atom is 0.305 e. The van der Waals surface area contributed by atoms with E-state index in [9.17, 15) is 19.8 Å². The summed E-state index contributed by atoms with van der Waals surface area (Å²) in [5, 5.41) is 23.1. The van der Waals surface area contributed by atoms with E-state index in [-0.39, 0.29) is 18.5 Å². The van der Waals surface area contributed by atoms with Gasteiger partial charge < -0.3 is 20.3 Å². The van der Waals surface area contributed by atoms with Crippen LogP contribution in [0.3, 0.4) is 0 Å². The molecule has 0 saturated carbocycles. The standard InChI is InChI=1S/C73H135NO5/c1-3-5-7-9-11-13-15-42-47-51-55-59-63-67-73(78)79-68-64-60-56-52-48-44-41-39-37-35-33-31-29-27-25-23-21-19-17-18-20-22-24-26-28-30-32-34-36-38-40-43-46-50-54-58-62-66-72(77)74-70(69-75)71(76)65-61-57-53-49-45-16-14-12-10-8-6-4-2/h7,9,13,15,17,19,23,25,61,65,70-71,75-76H,3-6,8,10-12,14,16,18,20-22,24,26-60,62-64,66-69H2,1-2H3,(H,74,77)/b9-7-,15-13-,19-17-,25-23-,65-61+. The molecule has 0 saturated heterocycles.